The first-order valence-electron chi connectivity index (χ1n) is 11.8. The fourth-order valence-electron chi connectivity index (χ4n) is 4.27. The highest BCUT2D eigenvalue weighted by molar-refractivity contribution is 6.00. The van der Waals surface area contributed by atoms with Gasteiger partial charge in [0.15, 0.2) is 0 Å². The maximum atomic E-state index is 10.9. The molecule has 7 nitrogen and oxygen atoms in total. The van der Waals surface area contributed by atoms with Gasteiger partial charge in [-0.3, -0.25) is 5.10 Å². The number of carbonyl (C=O) groups is 1. The summed E-state index contributed by atoms with van der Waals surface area (Å²) in [6.45, 7) is 2.13. The van der Waals surface area contributed by atoms with E-state index in [1.807, 2.05) is 54.7 Å². The fourth-order valence-corrected chi connectivity index (χ4v) is 4.27. The minimum atomic E-state index is -0.976. The third kappa shape index (κ3) is 5.46. The lowest BCUT2D eigenvalue weighted by Gasteiger charge is -2.17. The van der Waals surface area contributed by atoms with Crippen molar-refractivity contribution in [1.29, 1.82) is 0 Å². The summed E-state index contributed by atoms with van der Waals surface area (Å²) < 4.78 is 5.97. The van der Waals surface area contributed by atoms with Gasteiger partial charge < -0.3 is 9.84 Å². The third-order valence-corrected chi connectivity index (χ3v) is 5.96. The molecule has 0 bridgehead atoms. The second kappa shape index (κ2) is 10.7. The first-order chi connectivity index (χ1) is 18.1. The fraction of sp³-hybridized carbons (Fsp3) is 0.0667. The van der Waals surface area contributed by atoms with E-state index in [0.29, 0.717) is 11.6 Å². The van der Waals surface area contributed by atoms with Crippen LogP contribution >= 0.6 is 0 Å². The van der Waals surface area contributed by atoms with Crippen LogP contribution in [0.25, 0.3) is 28.1 Å². The topological polar surface area (TPSA) is 101 Å². The third-order valence-electron chi connectivity index (χ3n) is 5.96. The average molecular weight is 489 g/mol. The van der Waals surface area contributed by atoms with Crippen LogP contribution < -0.4 is 4.74 Å². The highest BCUT2D eigenvalue weighted by Crippen LogP contribution is 2.37. The van der Waals surface area contributed by atoms with Crippen molar-refractivity contribution < 1.29 is 14.6 Å². The molecule has 0 atom stereocenters. The lowest BCUT2D eigenvalue weighted by Crippen LogP contribution is -1.96. The Kier molecular flexibility index (Phi) is 6.85. The second-order valence-corrected chi connectivity index (χ2v) is 8.35. The van der Waals surface area contributed by atoms with E-state index in [1.165, 1.54) is 6.33 Å². The largest absolute Gasteiger partial charge is 0.478 e. The van der Waals surface area contributed by atoms with Gasteiger partial charge in [0.25, 0.3) is 0 Å². The molecule has 0 saturated heterocycles. The number of benzene rings is 3. The summed E-state index contributed by atoms with van der Waals surface area (Å²) >= 11 is 0. The Morgan fingerprint density at radius 2 is 1.84 bits per heavy atom. The molecule has 2 heterocycles. The smallest absolute Gasteiger partial charge is 0.328 e. The number of fused-ring (bicyclic) bond motifs is 1. The zero-order chi connectivity index (χ0) is 25.6. The highest BCUT2D eigenvalue weighted by Gasteiger charge is 2.15. The number of aromatic amines is 1. The van der Waals surface area contributed by atoms with Crippen molar-refractivity contribution in [2.45, 2.75) is 13.3 Å². The summed E-state index contributed by atoms with van der Waals surface area (Å²) in [6, 6.07) is 23.8. The van der Waals surface area contributed by atoms with Gasteiger partial charge in [-0.25, -0.2) is 14.8 Å². The van der Waals surface area contributed by atoms with Gasteiger partial charge in [0.05, 0.1) is 11.7 Å². The number of H-pyrrole nitrogens is 1. The molecule has 0 spiro atoms. The minimum absolute atomic E-state index is 0.477. The van der Waals surface area contributed by atoms with Gasteiger partial charge in [0.1, 0.15) is 12.1 Å². The van der Waals surface area contributed by atoms with Crippen LogP contribution in [0.15, 0.2) is 97.6 Å². The second-order valence-electron chi connectivity index (χ2n) is 8.35. The number of nitrogens with zero attached hydrogens (tertiary/aromatic N) is 3. The molecule has 182 valence electrons. The van der Waals surface area contributed by atoms with Crippen LogP contribution in [0.3, 0.4) is 0 Å². The van der Waals surface area contributed by atoms with Crippen molar-refractivity contribution in [2.75, 3.05) is 0 Å². The average Bonchev–Trinajstić information content (AvgIpc) is 3.40. The van der Waals surface area contributed by atoms with E-state index in [-0.39, 0.29) is 0 Å². The van der Waals surface area contributed by atoms with Gasteiger partial charge in [0.2, 0.25) is 5.88 Å². The number of nitrogens with one attached hydrogen (secondary N) is 1. The van der Waals surface area contributed by atoms with E-state index in [2.05, 4.69) is 45.3 Å². The molecule has 0 radical (unpaired) electrons. The molecule has 5 rings (SSSR count). The molecule has 0 aliphatic heterocycles. The van der Waals surface area contributed by atoms with Crippen LogP contribution in [-0.4, -0.2) is 31.2 Å². The predicted molar refractivity (Wildman–Crippen MR) is 144 cm³/mol. The number of rotatable bonds is 8. The van der Waals surface area contributed by atoms with Crippen LogP contribution in [-0.2, 0) is 4.79 Å². The van der Waals surface area contributed by atoms with E-state index < -0.39 is 5.97 Å². The number of carboxylic acids is 1. The first kappa shape index (κ1) is 23.7. The summed E-state index contributed by atoms with van der Waals surface area (Å²) in [5, 5.41) is 17.2. The van der Waals surface area contributed by atoms with Crippen LogP contribution in [0.4, 0.5) is 0 Å². The number of aliphatic carboxylic acids is 1. The Morgan fingerprint density at radius 3 is 2.59 bits per heavy atom. The molecule has 3 aromatic carbocycles. The summed E-state index contributed by atoms with van der Waals surface area (Å²) in [5.74, 6) is 0.182. The summed E-state index contributed by atoms with van der Waals surface area (Å²) in [7, 11) is 0. The van der Waals surface area contributed by atoms with Gasteiger partial charge in [0, 0.05) is 23.7 Å². The monoisotopic (exact) mass is 488 g/mol. The van der Waals surface area contributed by atoms with Crippen molar-refractivity contribution in [3.8, 4) is 11.6 Å². The molecule has 2 N–H and O–H groups in total. The lowest BCUT2D eigenvalue weighted by atomic mass is 9.87. The Bertz CT molecular complexity index is 1600. The quantitative estimate of drug-likeness (QED) is 0.188. The van der Waals surface area contributed by atoms with Gasteiger partial charge in [-0.05, 0) is 70.2 Å². The highest BCUT2D eigenvalue weighted by atomic mass is 16.5. The molecule has 5 aromatic rings. The number of hydrogen-bond acceptors (Lipinski definition) is 5. The number of carboxylic acid groups (broad SMARTS) is 1. The molecular weight excluding hydrogens is 464 g/mol. The number of allylic oxidation sites excluding steroid dienone is 1. The molecular formula is C30H24N4O3. The molecule has 2 aromatic heterocycles. The van der Waals surface area contributed by atoms with E-state index in [1.54, 1.807) is 18.3 Å². The zero-order valence-electron chi connectivity index (χ0n) is 20.1. The van der Waals surface area contributed by atoms with Crippen LogP contribution in [0, 0.1) is 0 Å². The normalized spacial score (nSPS) is 12.0. The number of hydrogen-bond donors (Lipinski definition) is 2. The minimum Gasteiger partial charge on any atom is -0.478 e. The Labute approximate surface area is 213 Å². The lowest BCUT2D eigenvalue weighted by molar-refractivity contribution is -0.131. The molecule has 0 saturated carbocycles. The van der Waals surface area contributed by atoms with Gasteiger partial charge >= 0.3 is 5.97 Å². The van der Waals surface area contributed by atoms with Crippen molar-refractivity contribution in [3.63, 3.8) is 0 Å². The molecule has 0 fully saturated rings. The SMILES string of the molecule is CC/C(=C(/c1ccc(/C=C/C(=O)O)cc1)c1ccc2[nH]ncc2c1)c1cccc(Oc2ccncn2)c1. The van der Waals surface area contributed by atoms with Gasteiger partial charge in [-0.15, -0.1) is 0 Å². The Balaban J connectivity index is 1.63. The van der Waals surface area contributed by atoms with Gasteiger partial charge in [-0.2, -0.15) is 5.10 Å². The van der Waals surface area contributed by atoms with Crippen molar-refractivity contribution in [3.05, 3.63) is 120 Å². The molecule has 0 unspecified atom stereocenters. The summed E-state index contributed by atoms with van der Waals surface area (Å²) in [5.41, 5.74) is 7.12. The van der Waals surface area contributed by atoms with Crippen molar-refractivity contribution >= 4 is 34.1 Å². The maximum absolute atomic E-state index is 10.9. The van der Waals surface area contributed by atoms with Crippen molar-refractivity contribution in [2.24, 2.45) is 0 Å². The van der Waals surface area contributed by atoms with Crippen LogP contribution in [0.2, 0.25) is 0 Å². The summed E-state index contributed by atoms with van der Waals surface area (Å²) in [4.78, 5) is 19.0. The maximum Gasteiger partial charge on any atom is 0.328 e. The molecule has 0 aliphatic rings. The Hall–Kier alpha value is -5.04. The number of aromatic nitrogens is 4. The molecule has 0 amide bonds. The van der Waals surface area contributed by atoms with E-state index in [0.717, 1.165) is 56.8 Å². The molecule has 7 heteroatoms. The first-order valence-corrected chi connectivity index (χ1v) is 11.8. The standard InChI is InChI=1S/C30H24N4O3/c1-2-26(22-4-3-5-25(17-22)37-28-14-15-31-19-32-28)30(23-11-12-27-24(16-23)18-33-34-27)21-9-6-20(7-10-21)8-13-29(35)36/h3-19H,2H2,1H3,(H,33,34)(H,35,36)/b13-8+,30-26+. The number of ether oxygens (including phenoxy) is 1. The zero-order valence-corrected chi connectivity index (χ0v) is 20.1. The van der Waals surface area contributed by atoms with E-state index >= 15 is 0 Å². The Morgan fingerprint density at radius 1 is 1.00 bits per heavy atom. The van der Waals surface area contributed by atoms with Crippen LogP contribution in [0.5, 0.6) is 11.6 Å². The van der Waals surface area contributed by atoms with E-state index in [4.69, 9.17) is 9.84 Å². The molecule has 37 heavy (non-hydrogen) atoms. The van der Waals surface area contributed by atoms with E-state index in [9.17, 15) is 4.79 Å². The van der Waals surface area contributed by atoms with Gasteiger partial charge in [-0.1, -0.05) is 49.4 Å². The summed E-state index contributed by atoms with van der Waals surface area (Å²) in [6.07, 6.45) is 8.41. The predicted octanol–water partition coefficient (Wildman–Crippen LogP) is 6.61. The van der Waals surface area contributed by atoms with Crippen LogP contribution in [0.1, 0.15) is 35.6 Å². The molecule has 0 aliphatic carbocycles. The van der Waals surface area contributed by atoms with Crippen molar-refractivity contribution in [1.82, 2.24) is 20.2 Å².